The van der Waals surface area contributed by atoms with E-state index in [9.17, 15) is 0 Å². The molecule has 0 aromatic carbocycles. The summed E-state index contributed by atoms with van der Waals surface area (Å²) in [6, 6.07) is 2.29. The molecule has 0 N–H and O–H groups in total. The summed E-state index contributed by atoms with van der Waals surface area (Å²) in [4.78, 5) is 0. The minimum atomic E-state index is 0.310. The van der Waals surface area contributed by atoms with Crippen LogP contribution < -0.4 is 0 Å². The van der Waals surface area contributed by atoms with E-state index in [0.717, 1.165) is 12.8 Å². The van der Waals surface area contributed by atoms with E-state index in [1.54, 1.807) is 0 Å². The fourth-order valence-corrected chi connectivity index (χ4v) is 0.810. The monoisotopic (exact) mass is 125 g/mol. The highest BCUT2D eigenvalue weighted by Gasteiger charge is 2.00. The number of rotatable bonds is 4. The molecule has 0 spiro atoms. The molecule has 0 saturated carbocycles. The zero-order valence-corrected chi connectivity index (χ0v) is 6.35. The lowest BCUT2D eigenvalue weighted by atomic mass is 10.0. The second kappa shape index (κ2) is 5.62. The molecule has 0 aliphatic carbocycles. The van der Waals surface area contributed by atoms with Crippen LogP contribution in [0.25, 0.3) is 0 Å². The van der Waals surface area contributed by atoms with Gasteiger partial charge in [-0.25, -0.2) is 0 Å². The summed E-state index contributed by atoms with van der Waals surface area (Å²) >= 11 is 0. The second-order valence-electron chi connectivity index (χ2n) is 2.38. The molecule has 52 valence electrons. The molecule has 1 heteroatoms. The molecule has 0 rings (SSSR count). The van der Waals surface area contributed by atoms with Crippen LogP contribution in [0.15, 0.2) is 0 Å². The Hall–Kier alpha value is -0.510. The van der Waals surface area contributed by atoms with Gasteiger partial charge in [0, 0.05) is 5.92 Å². The van der Waals surface area contributed by atoms with E-state index in [0.29, 0.717) is 5.92 Å². The van der Waals surface area contributed by atoms with Gasteiger partial charge in [-0.15, -0.1) is 0 Å². The Morgan fingerprint density at radius 3 is 2.44 bits per heavy atom. The van der Waals surface area contributed by atoms with Crippen LogP contribution in [0.3, 0.4) is 0 Å². The maximum Gasteiger partial charge on any atom is 0.0655 e. The first kappa shape index (κ1) is 8.49. The summed E-state index contributed by atoms with van der Waals surface area (Å²) in [6.45, 7) is 4.23. The van der Waals surface area contributed by atoms with Gasteiger partial charge in [0.25, 0.3) is 0 Å². The molecule has 1 atom stereocenters. The SMILES string of the molecule is CCCCC(C#N)CC. The van der Waals surface area contributed by atoms with Crippen molar-refractivity contribution >= 4 is 0 Å². The van der Waals surface area contributed by atoms with Crippen LogP contribution in [-0.2, 0) is 0 Å². The quantitative estimate of drug-likeness (QED) is 0.566. The predicted octanol–water partition coefficient (Wildman–Crippen LogP) is 2.73. The summed E-state index contributed by atoms with van der Waals surface area (Å²) in [5.74, 6) is 0.310. The summed E-state index contributed by atoms with van der Waals surface area (Å²) in [6.07, 6.45) is 4.50. The third-order valence-electron chi connectivity index (χ3n) is 1.58. The van der Waals surface area contributed by atoms with Crippen LogP contribution in [0.5, 0.6) is 0 Å². The Bertz CT molecular complexity index is 91.2. The highest BCUT2D eigenvalue weighted by Crippen LogP contribution is 2.09. The van der Waals surface area contributed by atoms with Gasteiger partial charge in [0.15, 0.2) is 0 Å². The lowest BCUT2D eigenvalue weighted by Gasteiger charge is -2.01. The van der Waals surface area contributed by atoms with E-state index < -0.39 is 0 Å². The Morgan fingerprint density at radius 2 is 2.11 bits per heavy atom. The highest BCUT2D eigenvalue weighted by molar-refractivity contribution is 4.80. The molecule has 0 aliphatic rings. The van der Waals surface area contributed by atoms with Gasteiger partial charge in [-0.1, -0.05) is 26.7 Å². The minimum Gasteiger partial charge on any atom is -0.198 e. The molecule has 0 amide bonds. The highest BCUT2D eigenvalue weighted by atomic mass is 14.3. The van der Waals surface area contributed by atoms with Crippen molar-refractivity contribution in [2.45, 2.75) is 39.5 Å². The Labute approximate surface area is 57.7 Å². The first-order chi connectivity index (χ1) is 4.35. The number of nitrogens with zero attached hydrogens (tertiary/aromatic N) is 1. The van der Waals surface area contributed by atoms with Crippen molar-refractivity contribution in [3.8, 4) is 6.07 Å². The van der Waals surface area contributed by atoms with Crippen molar-refractivity contribution in [1.82, 2.24) is 0 Å². The number of hydrogen-bond acceptors (Lipinski definition) is 1. The summed E-state index contributed by atoms with van der Waals surface area (Å²) in [5, 5.41) is 8.50. The molecule has 0 aliphatic heterocycles. The maximum absolute atomic E-state index is 8.50. The van der Waals surface area contributed by atoms with Crippen molar-refractivity contribution in [2.24, 2.45) is 5.92 Å². The number of nitriles is 1. The van der Waals surface area contributed by atoms with Crippen LogP contribution in [0.1, 0.15) is 39.5 Å². The molecular weight excluding hydrogens is 110 g/mol. The van der Waals surface area contributed by atoms with E-state index in [1.807, 2.05) is 0 Å². The molecular formula is C8H15N. The number of hydrogen-bond donors (Lipinski definition) is 0. The molecule has 0 fully saturated rings. The second-order valence-corrected chi connectivity index (χ2v) is 2.38. The lowest BCUT2D eigenvalue weighted by molar-refractivity contribution is 0.551. The van der Waals surface area contributed by atoms with Crippen molar-refractivity contribution in [1.29, 1.82) is 5.26 Å². The molecule has 0 bridgehead atoms. The maximum atomic E-state index is 8.50. The van der Waals surface area contributed by atoms with Crippen LogP contribution in [0.2, 0.25) is 0 Å². The van der Waals surface area contributed by atoms with Gasteiger partial charge < -0.3 is 0 Å². The standard InChI is InChI=1S/C8H15N/c1-3-5-6-8(4-2)7-9/h8H,3-6H2,1-2H3. The van der Waals surface area contributed by atoms with E-state index >= 15 is 0 Å². The molecule has 1 unspecified atom stereocenters. The van der Waals surface area contributed by atoms with Gasteiger partial charge in [-0.05, 0) is 12.8 Å². The van der Waals surface area contributed by atoms with E-state index in [1.165, 1.54) is 12.8 Å². The van der Waals surface area contributed by atoms with Gasteiger partial charge in [-0.2, -0.15) is 5.26 Å². The normalized spacial score (nSPS) is 12.6. The summed E-state index contributed by atoms with van der Waals surface area (Å²) in [7, 11) is 0. The van der Waals surface area contributed by atoms with Crippen LogP contribution in [-0.4, -0.2) is 0 Å². The first-order valence-corrected chi connectivity index (χ1v) is 3.74. The van der Waals surface area contributed by atoms with Crippen molar-refractivity contribution in [2.75, 3.05) is 0 Å². The molecule has 9 heavy (non-hydrogen) atoms. The van der Waals surface area contributed by atoms with Crippen molar-refractivity contribution in [3.05, 3.63) is 0 Å². The predicted molar refractivity (Wildman–Crippen MR) is 38.9 cm³/mol. The van der Waals surface area contributed by atoms with E-state index in [2.05, 4.69) is 19.9 Å². The lowest BCUT2D eigenvalue weighted by Crippen LogP contribution is -1.93. The molecule has 0 heterocycles. The third kappa shape index (κ3) is 4.02. The van der Waals surface area contributed by atoms with Gasteiger partial charge >= 0.3 is 0 Å². The smallest absolute Gasteiger partial charge is 0.0655 e. The zero-order chi connectivity index (χ0) is 7.11. The number of unbranched alkanes of at least 4 members (excludes halogenated alkanes) is 1. The minimum absolute atomic E-state index is 0.310. The van der Waals surface area contributed by atoms with Crippen molar-refractivity contribution < 1.29 is 0 Å². The van der Waals surface area contributed by atoms with Crippen LogP contribution >= 0.6 is 0 Å². The summed E-state index contributed by atoms with van der Waals surface area (Å²) < 4.78 is 0. The van der Waals surface area contributed by atoms with E-state index in [-0.39, 0.29) is 0 Å². The molecule has 0 saturated heterocycles. The fourth-order valence-electron chi connectivity index (χ4n) is 0.810. The molecule has 0 radical (unpaired) electrons. The van der Waals surface area contributed by atoms with E-state index in [4.69, 9.17) is 5.26 Å². The molecule has 1 nitrogen and oxygen atoms in total. The Balaban J connectivity index is 3.23. The van der Waals surface area contributed by atoms with Crippen LogP contribution in [0.4, 0.5) is 0 Å². The third-order valence-corrected chi connectivity index (χ3v) is 1.58. The van der Waals surface area contributed by atoms with Gasteiger partial charge in [0.1, 0.15) is 0 Å². The van der Waals surface area contributed by atoms with Gasteiger partial charge in [0.05, 0.1) is 6.07 Å². The average molecular weight is 125 g/mol. The van der Waals surface area contributed by atoms with Crippen molar-refractivity contribution in [3.63, 3.8) is 0 Å². The fraction of sp³-hybridized carbons (Fsp3) is 0.875. The Kier molecular flexibility index (Phi) is 5.30. The first-order valence-electron chi connectivity index (χ1n) is 3.74. The van der Waals surface area contributed by atoms with Crippen LogP contribution in [0, 0.1) is 17.2 Å². The molecule has 0 aromatic rings. The Morgan fingerprint density at radius 1 is 1.44 bits per heavy atom. The average Bonchev–Trinajstić information content (AvgIpc) is 1.91. The largest absolute Gasteiger partial charge is 0.198 e. The zero-order valence-electron chi connectivity index (χ0n) is 6.35. The molecule has 0 aromatic heterocycles. The van der Waals surface area contributed by atoms with Gasteiger partial charge in [-0.3, -0.25) is 0 Å². The van der Waals surface area contributed by atoms with Gasteiger partial charge in [0.2, 0.25) is 0 Å². The summed E-state index contributed by atoms with van der Waals surface area (Å²) in [5.41, 5.74) is 0. The topological polar surface area (TPSA) is 23.8 Å².